The standard InChI is InChI=1S/C22H25NO2S2/c1-25-19-7-3-5-17-16(4-2-6-18(17)19)11-13-23-12-10-15-8-9-20-21(14-15)27-22(24)26-20/h3,5,7-9,14,16,23H,2,4,6,10-13H2,1H3. The third-order valence-corrected chi connectivity index (χ3v) is 7.56. The van der Waals surface area contributed by atoms with E-state index in [4.69, 9.17) is 4.74 Å². The van der Waals surface area contributed by atoms with Crippen molar-refractivity contribution in [2.24, 2.45) is 0 Å². The van der Waals surface area contributed by atoms with Gasteiger partial charge in [-0.1, -0.05) is 40.9 Å². The summed E-state index contributed by atoms with van der Waals surface area (Å²) in [4.78, 5) is 11.5. The molecule has 0 fully saturated rings. The Hall–Kier alpha value is -1.69. The number of fused-ring (bicyclic) bond motifs is 2. The van der Waals surface area contributed by atoms with Gasteiger partial charge in [0.2, 0.25) is 0 Å². The first-order valence-corrected chi connectivity index (χ1v) is 11.3. The van der Waals surface area contributed by atoms with Crippen LogP contribution in [0.15, 0.2) is 41.2 Å². The van der Waals surface area contributed by atoms with E-state index in [-0.39, 0.29) is 4.06 Å². The molecule has 0 saturated heterocycles. The van der Waals surface area contributed by atoms with Gasteiger partial charge in [0.25, 0.3) is 4.06 Å². The average molecular weight is 400 g/mol. The van der Waals surface area contributed by atoms with Gasteiger partial charge in [-0.15, -0.1) is 0 Å². The Bertz CT molecular complexity index is 976. The molecular weight excluding hydrogens is 374 g/mol. The van der Waals surface area contributed by atoms with Gasteiger partial charge in [-0.05, 0) is 86.0 Å². The Morgan fingerprint density at radius 1 is 1.15 bits per heavy atom. The lowest BCUT2D eigenvalue weighted by Gasteiger charge is -2.27. The lowest BCUT2D eigenvalue weighted by molar-refractivity contribution is 0.401. The molecule has 2 aromatic carbocycles. The molecule has 5 heteroatoms. The second-order valence-corrected chi connectivity index (χ2v) is 9.43. The fourth-order valence-electron chi connectivity index (χ4n) is 4.11. The van der Waals surface area contributed by atoms with E-state index < -0.39 is 0 Å². The molecule has 1 aromatic heterocycles. The van der Waals surface area contributed by atoms with Crippen molar-refractivity contribution in [2.45, 2.75) is 38.0 Å². The molecule has 0 amide bonds. The van der Waals surface area contributed by atoms with Crippen molar-refractivity contribution in [1.82, 2.24) is 5.32 Å². The second-order valence-electron chi connectivity index (χ2n) is 7.14. The third-order valence-electron chi connectivity index (χ3n) is 5.46. The Kier molecular flexibility index (Phi) is 5.91. The molecule has 4 rings (SSSR count). The zero-order chi connectivity index (χ0) is 18.6. The van der Waals surface area contributed by atoms with Gasteiger partial charge in [-0.3, -0.25) is 4.79 Å². The molecule has 0 radical (unpaired) electrons. The number of rotatable bonds is 7. The maximum Gasteiger partial charge on any atom is 0.288 e. The van der Waals surface area contributed by atoms with Crippen molar-refractivity contribution < 1.29 is 4.74 Å². The van der Waals surface area contributed by atoms with Gasteiger partial charge in [0, 0.05) is 9.40 Å². The smallest absolute Gasteiger partial charge is 0.288 e. The first-order valence-electron chi connectivity index (χ1n) is 9.63. The summed E-state index contributed by atoms with van der Waals surface area (Å²) >= 11 is 2.70. The highest BCUT2D eigenvalue weighted by Crippen LogP contribution is 2.38. The number of hydrogen-bond acceptors (Lipinski definition) is 5. The van der Waals surface area contributed by atoms with Crippen LogP contribution >= 0.6 is 22.7 Å². The molecule has 0 aliphatic heterocycles. The van der Waals surface area contributed by atoms with Crippen LogP contribution in [0.4, 0.5) is 0 Å². The second kappa shape index (κ2) is 8.55. The molecule has 1 aliphatic carbocycles. The van der Waals surface area contributed by atoms with Crippen LogP contribution in [0.1, 0.15) is 41.9 Å². The molecule has 0 spiro atoms. The highest BCUT2D eigenvalue weighted by molar-refractivity contribution is 7.35. The van der Waals surface area contributed by atoms with E-state index in [1.54, 1.807) is 7.11 Å². The van der Waals surface area contributed by atoms with Crippen LogP contribution in [0.3, 0.4) is 0 Å². The Balaban J connectivity index is 1.29. The fourth-order valence-corrected chi connectivity index (χ4v) is 6.10. The van der Waals surface area contributed by atoms with Crippen LogP contribution in [0.5, 0.6) is 5.75 Å². The van der Waals surface area contributed by atoms with E-state index in [1.807, 2.05) is 0 Å². The predicted molar refractivity (Wildman–Crippen MR) is 116 cm³/mol. The molecule has 1 aliphatic rings. The van der Waals surface area contributed by atoms with Gasteiger partial charge < -0.3 is 10.1 Å². The molecule has 1 unspecified atom stereocenters. The first kappa shape index (κ1) is 18.7. The average Bonchev–Trinajstić information content (AvgIpc) is 3.06. The van der Waals surface area contributed by atoms with Crippen LogP contribution < -0.4 is 14.1 Å². The van der Waals surface area contributed by atoms with Gasteiger partial charge in [0.15, 0.2) is 0 Å². The van der Waals surface area contributed by atoms with Gasteiger partial charge in [-0.2, -0.15) is 0 Å². The predicted octanol–water partition coefficient (Wildman–Crippen LogP) is 4.97. The number of nitrogens with one attached hydrogen (secondary N) is 1. The minimum Gasteiger partial charge on any atom is -0.496 e. The summed E-state index contributed by atoms with van der Waals surface area (Å²) in [5.74, 6) is 1.69. The summed E-state index contributed by atoms with van der Waals surface area (Å²) in [6.07, 6.45) is 5.84. The summed E-state index contributed by atoms with van der Waals surface area (Å²) in [5.41, 5.74) is 4.20. The monoisotopic (exact) mass is 399 g/mol. The highest BCUT2D eigenvalue weighted by atomic mass is 32.2. The molecule has 142 valence electrons. The summed E-state index contributed by atoms with van der Waals surface area (Å²) in [7, 11) is 1.77. The Labute approximate surface area is 168 Å². The fraction of sp³-hybridized carbons (Fsp3) is 0.409. The topological polar surface area (TPSA) is 38.3 Å². The van der Waals surface area contributed by atoms with Crippen LogP contribution in [-0.2, 0) is 12.8 Å². The van der Waals surface area contributed by atoms with Crippen LogP contribution in [0.25, 0.3) is 9.40 Å². The van der Waals surface area contributed by atoms with E-state index in [0.29, 0.717) is 5.92 Å². The van der Waals surface area contributed by atoms with Crippen molar-refractivity contribution in [3.8, 4) is 5.75 Å². The molecule has 3 aromatic rings. The zero-order valence-corrected chi connectivity index (χ0v) is 17.3. The normalized spacial score (nSPS) is 16.4. The first-order chi connectivity index (χ1) is 13.2. The van der Waals surface area contributed by atoms with Crippen molar-refractivity contribution >= 4 is 32.1 Å². The minimum absolute atomic E-state index is 0.185. The van der Waals surface area contributed by atoms with Crippen molar-refractivity contribution in [3.63, 3.8) is 0 Å². The molecule has 1 atom stereocenters. The van der Waals surface area contributed by atoms with Crippen LogP contribution in [0.2, 0.25) is 0 Å². The molecular formula is C22H25NO2S2. The van der Waals surface area contributed by atoms with E-state index in [2.05, 4.69) is 41.7 Å². The van der Waals surface area contributed by atoms with E-state index in [9.17, 15) is 4.79 Å². The lowest BCUT2D eigenvalue weighted by atomic mass is 9.80. The summed E-state index contributed by atoms with van der Waals surface area (Å²) < 4.78 is 7.96. The van der Waals surface area contributed by atoms with Crippen molar-refractivity contribution in [1.29, 1.82) is 0 Å². The lowest BCUT2D eigenvalue weighted by Crippen LogP contribution is -2.22. The number of benzene rings is 2. The highest BCUT2D eigenvalue weighted by Gasteiger charge is 2.22. The third kappa shape index (κ3) is 4.26. The Morgan fingerprint density at radius 2 is 2.04 bits per heavy atom. The zero-order valence-electron chi connectivity index (χ0n) is 15.6. The van der Waals surface area contributed by atoms with E-state index in [1.165, 1.54) is 58.6 Å². The molecule has 0 saturated carbocycles. The molecule has 0 bridgehead atoms. The molecule has 27 heavy (non-hydrogen) atoms. The summed E-state index contributed by atoms with van der Waals surface area (Å²) in [6, 6.07) is 12.9. The van der Waals surface area contributed by atoms with Crippen LogP contribution in [0, 0.1) is 0 Å². The van der Waals surface area contributed by atoms with Crippen molar-refractivity contribution in [3.05, 3.63) is 61.9 Å². The number of ether oxygens (including phenoxy) is 1. The Morgan fingerprint density at radius 3 is 2.93 bits per heavy atom. The SMILES string of the molecule is COc1cccc2c1CCCC2CCNCCc1ccc2sc(=O)sc2c1. The number of hydrogen-bond donors (Lipinski definition) is 1. The van der Waals surface area contributed by atoms with Gasteiger partial charge in [0.1, 0.15) is 5.75 Å². The summed E-state index contributed by atoms with van der Waals surface area (Å²) in [6.45, 7) is 2.01. The molecule has 1 heterocycles. The molecule has 3 nitrogen and oxygen atoms in total. The summed E-state index contributed by atoms with van der Waals surface area (Å²) in [5, 5.41) is 3.61. The quantitative estimate of drug-likeness (QED) is 0.570. The van der Waals surface area contributed by atoms with Gasteiger partial charge in [0.05, 0.1) is 7.11 Å². The maximum absolute atomic E-state index is 11.5. The number of methoxy groups -OCH3 is 1. The van der Waals surface area contributed by atoms with Crippen LogP contribution in [-0.4, -0.2) is 20.2 Å². The minimum atomic E-state index is 0.185. The molecule has 1 N–H and O–H groups in total. The van der Waals surface area contributed by atoms with Crippen molar-refractivity contribution in [2.75, 3.05) is 20.2 Å². The van der Waals surface area contributed by atoms with Gasteiger partial charge in [-0.25, -0.2) is 0 Å². The van der Waals surface area contributed by atoms with E-state index in [0.717, 1.165) is 41.1 Å². The van der Waals surface area contributed by atoms with E-state index >= 15 is 0 Å². The largest absolute Gasteiger partial charge is 0.496 e. The maximum atomic E-state index is 11.5. The van der Waals surface area contributed by atoms with Gasteiger partial charge >= 0.3 is 0 Å².